The summed E-state index contributed by atoms with van der Waals surface area (Å²) < 4.78 is 9.24. The van der Waals surface area contributed by atoms with Gasteiger partial charge >= 0.3 is 0 Å². The minimum Gasteiger partial charge on any atom is -0.455 e. The smallest absolute Gasteiger partial charge is 0.148 e. The average molecular weight is 597 g/mol. The van der Waals surface area contributed by atoms with Gasteiger partial charge in [0.15, 0.2) is 0 Å². The second kappa shape index (κ2) is 11.2. The van der Waals surface area contributed by atoms with Gasteiger partial charge in [-0.25, -0.2) is 4.98 Å². The van der Waals surface area contributed by atoms with Gasteiger partial charge < -0.3 is 4.42 Å². The first-order valence-corrected chi connectivity index (χ1v) is 16.2. The van der Waals surface area contributed by atoms with Gasteiger partial charge in [0.05, 0.1) is 11.3 Å². The molecule has 0 bridgehead atoms. The first-order chi connectivity index (χ1) is 22.5. The van der Waals surface area contributed by atoms with Gasteiger partial charge in [0.25, 0.3) is 0 Å². The molecule has 0 radical (unpaired) electrons. The van der Waals surface area contributed by atoms with Crippen molar-refractivity contribution in [1.29, 1.82) is 0 Å². The van der Waals surface area contributed by atoms with Gasteiger partial charge in [0.2, 0.25) is 0 Å². The summed E-state index contributed by atoms with van der Waals surface area (Å²) in [6.45, 7) is 9.13. The molecule has 0 aliphatic carbocycles. The van der Waals surface area contributed by atoms with Gasteiger partial charge in [-0.1, -0.05) is 125 Å². The van der Waals surface area contributed by atoms with Crippen molar-refractivity contribution in [3.8, 4) is 39.3 Å². The molecule has 224 valence electrons. The third kappa shape index (κ3) is 4.54. The molecule has 8 rings (SSSR count). The topological polar surface area (TPSA) is 31.0 Å². The number of fused-ring (bicyclic) bond motifs is 5. The Kier molecular flexibility index (Phi) is 6.83. The summed E-state index contributed by atoms with van der Waals surface area (Å²) in [5.74, 6) is 1.51. The molecule has 2 heterocycles. The zero-order valence-corrected chi connectivity index (χ0v) is 26.7. The molecular weight excluding hydrogens is 560 g/mol. The van der Waals surface area contributed by atoms with Gasteiger partial charge in [-0.3, -0.25) is 4.57 Å². The van der Waals surface area contributed by atoms with Crippen LogP contribution < -0.4 is 0 Å². The Morgan fingerprint density at radius 1 is 0.565 bits per heavy atom. The molecular formula is C43H36N2O. The Hall–Kier alpha value is -5.41. The minimum atomic E-state index is 0.313. The zero-order valence-electron chi connectivity index (χ0n) is 26.7. The summed E-state index contributed by atoms with van der Waals surface area (Å²) in [6, 6.07) is 43.3. The summed E-state index contributed by atoms with van der Waals surface area (Å²) in [5.41, 5.74) is 11.4. The van der Waals surface area contributed by atoms with E-state index < -0.39 is 0 Å². The molecule has 6 aromatic carbocycles. The summed E-state index contributed by atoms with van der Waals surface area (Å²) in [4.78, 5) is 5.01. The van der Waals surface area contributed by atoms with Crippen molar-refractivity contribution in [3.05, 3.63) is 145 Å². The molecule has 0 spiro atoms. The largest absolute Gasteiger partial charge is 0.455 e. The molecule has 3 heteroatoms. The molecule has 46 heavy (non-hydrogen) atoms. The van der Waals surface area contributed by atoms with Crippen molar-refractivity contribution in [2.75, 3.05) is 0 Å². The van der Waals surface area contributed by atoms with Crippen LogP contribution >= 0.6 is 0 Å². The molecule has 0 fully saturated rings. The van der Waals surface area contributed by atoms with E-state index >= 15 is 0 Å². The maximum absolute atomic E-state index is 6.95. The molecule has 0 saturated heterocycles. The van der Waals surface area contributed by atoms with Crippen molar-refractivity contribution >= 4 is 32.7 Å². The molecule has 2 aromatic heterocycles. The van der Waals surface area contributed by atoms with E-state index in [4.69, 9.17) is 9.40 Å². The quantitative estimate of drug-likeness (QED) is 0.191. The summed E-state index contributed by atoms with van der Waals surface area (Å²) in [6.07, 6.45) is 4.03. The number of hydrogen-bond donors (Lipinski definition) is 0. The lowest BCUT2D eigenvalue weighted by molar-refractivity contribution is 0.673. The molecule has 0 unspecified atom stereocenters. The second-order valence-electron chi connectivity index (χ2n) is 12.8. The van der Waals surface area contributed by atoms with E-state index in [0.717, 1.165) is 44.1 Å². The molecule has 0 atom stereocenters. The normalized spacial score (nSPS) is 11.9. The van der Waals surface area contributed by atoms with Gasteiger partial charge in [0.1, 0.15) is 17.0 Å². The fraction of sp³-hybridized carbons (Fsp3) is 0.140. The van der Waals surface area contributed by atoms with Crippen molar-refractivity contribution < 1.29 is 4.42 Å². The van der Waals surface area contributed by atoms with Crippen LogP contribution in [-0.2, 0) is 0 Å². The fourth-order valence-electron chi connectivity index (χ4n) is 6.97. The second-order valence-corrected chi connectivity index (χ2v) is 12.8. The molecule has 0 amide bonds. The van der Waals surface area contributed by atoms with Crippen LogP contribution in [0.1, 0.15) is 50.7 Å². The van der Waals surface area contributed by atoms with Crippen molar-refractivity contribution in [2.24, 2.45) is 0 Å². The Labute approximate surface area is 269 Å². The number of nitrogens with zero attached hydrogens (tertiary/aromatic N) is 2. The van der Waals surface area contributed by atoms with Crippen LogP contribution in [0.2, 0.25) is 0 Å². The number of imidazole rings is 1. The number of para-hydroxylation sites is 1. The minimum absolute atomic E-state index is 0.313. The highest BCUT2D eigenvalue weighted by molar-refractivity contribution is 6.22. The SMILES string of the molecule is CC(C)c1cc(-c2ccccc2)cc(C(C)C)c1-n1ccnc1-c1cccc2c1oc1c3ccccc3cc(-c3ccccc3)c21. The Balaban J connectivity index is 1.41. The highest BCUT2D eigenvalue weighted by Crippen LogP contribution is 2.44. The molecule has 0 aliphatic rings. The summed E-state index contributed by atoms with van der Waals surface area (Å²) in [5, 5.41) is 4.51. The first-order valence-electron chi connectivity index (χ1n) is 16.2. The van der Waals surface area contributed by atoms with E-state index in [-0.39, 0.29) is 0 Å². The van der Waals surface area contributed by atoms with Gasteiger partial charge in [-0.05, 0) is 74.9 Å². The third-order valence-electron chi connectivity index (χ3n) is 9.22. The first kappa shape index (κ1) is 28.1. The third-order valence-corrected chi connectivity index (χ3v) is 9.22. The Bertz CT molecular complexity index is 2330. The molecule has 8 aromatic rings. The van der Waals surface area contributed by atoms with Crippen LogP contribution in [0.25, 0.3) is 72.0 Å². The van der Waals surface area contributed by atoms with Crippen LogP contribution in [0.15, 0.2) is 138 Å². The van der Waals surface area contributed by atoms with E-state index in [1.165, 1.54) is 39.1 Å². The molecule has 0 saturated carbocycles. The predicted molar refractivity (Wildman–Crippen MR) is 193 cm³/mol. The van der Waals surface area contributed by atoms with Gasteiger partial charge in [0, 0.05) is 28.6 Å². The highest BCUT2D eigenvalue weighted by atomic mass is 16.3. The van der Waals surface area contributed by atoms with Crippen LogP contribution in [0.5, 0.6) is 0 Å². The maximum atomic E-state index is 6.95. The molecule has 3 nitrogen and oxygen atoms in total. The average Bonchev–Trinajstić information content (AvgIpc) is 3.74. The summed E-state index contributed by atoms with van der Waals surface area (Å²) >= 11 is 0. The number of hydrogen-bond acceptors (Lipinski definition) is 2. The van der Waals surface area contributed by atoms with Crippen LogP contribution in [-0.4, -0.2) is 9.55 Å². The van der Waals surface area contributed by atoms with Crippen molar-refractivity contribution in [2.45, 2.75) is 39.5 Å². The van der Waals surface area contributed by atoms with E-state index in [9.17, 15) is 0 Å². The van der Waals surface area contributed by atoms with Crippen LogP contribution in [0.3, 0.4) is 0 Å². The van der Waals surface area contributed by atoms with E-state index in [1.54, 1.807) is 0 Å². The Morgan fingerprint density at radius 3 is 1.89 bits per heavy atom. The number of aromatic nitrogens is 2. The van der Waals surface area contributed by atoms with Crippen LogP contribution in [0, 0.1) is 0 Å². The van der Waals surface area contributed by atoms with Crippen molar-refractivity contribution in [1.82, 2.24) is 9.55 Å². The lowest BCUT2D eigenvalue weighted by atomic mass is 9.88. The van der Waals surface area contributed by atoms with E-state index in [0.29, 0.717) is 11.8 Å². The molecule has 0 aliphatic heterocycles. The summed E-state index contributed by atoms with van der Waals surface area (Å²) in [7, 11) is 0. The van der Waals surface area contributed by atoms with Gasteiger partial charge in [-0.2, -0.15) is 0 Å². The predicted octanol–water partition coefficient (Wildman–Crippen LogP) is 12.2. The van der Waals surface area contributed by atoms with Gasteiger partial charge in [-0.15, -0.1) is 0 Å². The standard InChI is InChI=1S/C43H36N2O/c1-27(2)36-25-32(29-14-7-5-8-15-29)26-37(28(3)4)40(36)45-23-22-44-43(45)35-21-13-20-34-39-38(30-16-9-6-10-17-30)24-31-18-11-12-19-33(31)42(39)46-41(34)35/h5-28H,1-4H3. The van der Waals surface area contributed by atoms with E-state index in [1.807, 2.05) is 6.20 Å². The lowest BCUT2D eigenvalue weighted by Crippen LogP contribution is -2.08. The Morgan fingerprint density at radius 2 is 1.20 bits per heavy atom. The van der Waals surface area contributed by atoms with Crippen molar-refractivity contribution in [3.63, 3.8) is 0 Å². The van der Waals surface area contributed by atoms with Crippen LogP contribution in [0.4, 0.5) is 0 Å². The number of furan rings is 1. The lowest BCUT2D eigenvalue weighted by Gasteiger charge is -2.23. The zero-order chi connectivity index (χ0) is 31.4. The maximum Gasteiger partial charge on any atom is 0.148 e. The van der Waals surface area contributed by atoms with E-state index in [2.05, 4.69) is 160 Å². The highest BCUT2D eigenvalue weighted by Gasteiger charge is 2.24. The number of benzene rings is 6. The monoisotopic (exact) mass is 596 g/mol. The molecule has 0 N–H and O–H groups in total. The fourth-order valence-corrected chi connectivity index (χ4v) is 6.97. The number of rotatable bonds is 6.